The minimum Gasteiger partial charge on any atom is -0.476 e. The van der Waals surface area contributed by atoms with Gasteiger partial charge in [0, 0.05) is 17.1 Å². The van der Waals surface area contributed by atoms with Crippen LogP contribution in [0.5, 0.6) is 0 Å². The van der Waals surface area contributed by atoms with Gasteiger partial charge in [0.2, 0.25) is 5.78 Å². The maximum Gasteiger partial charge on any atom is 0.355 e. The molecule has 3 rings (SSSR count). The highest BCUT2D eigenvalue weighted by Crippen LogP contribution is 2.18. The normalized spacial score (nSPS) is 10.6. The van der Waals surface area contributed by atoms with Crippen LogP contribution in [0.15, 0.2) is 48.7 Å². The fraction of sp³-hybridized carbons (Fsp3) is 0. The van der Waals surface area contributed by atoms with Crippen LogP contribution in [-0.4, -0.2) is 26.8 Å². The first-order chi connectivity index (χ1) is 9.66. The van der Waals surface area contributed by atoms with Crippen LogP contribution in [0, 0.1) is 0 Å². The van der Waals surface area contributed by atoms with Crippen molar-refractivity contribution in [1.29, 1.82) is 0 Å². The SMILES string of the molecule is O=C(c1cc2ccccc2[nH]1)c1cccnc1C(=O)O. The van der Waals surface area contributed by atoms with E-state index in [9.17, 15) is 9.59 Å². The van der Waals surface area contributed by atoms with Gasteiger partial charge in [0.1, 0.15) is 0 Å². The molecule has 0 aliphatic rings. The number of H-pyrrole nitrogens is 1. The highest BCUT2D eigenvalue weighted by Gasteiger charge is 2.20. The Labute approximate surface area is 113 Å². The van der Waals surface area contributed by atoms with Crippen molar-refractivity contribution in [2.75, 3.05) is 0 Å². The molecule has 0 unspecified atom stereocenters. The van der Waals surface area contributed by atoms with Crippen LogP contribution >= 0.6 is 0 Å². The van der Waals surface area contributed by atoms with Crippen LogP contribution in [0.4, 0.5) is 0 Å². The van der Waals surface area contributed by atoms with Crippen molar-refractivity contribution in [2.45, 2.75) is 0 Å². The van der Waals surface area contributed by atoms with E-state index >= 15 is 0 Å². The Morgan fingerprint density at radius 1 is 1.10 bits per heavy atom. The van der Waals surface area contributed by atoms with E-state index in [4.69, 9.17) is 5.11 Å². The third kappa shape index (κ3) is 1.95. The zero-order valence-corrected chi connectivity index (χ0v) is 10.3. The molecule has 0 radical (unpaired) electrons. The topological polar surface area (TPSA) is 83.0 Å². The van der Waals surface area contributed by atoms with E-state index in [1.54, 1.807) is 12.1 Å². The van der Waals surface area contributed by atoms with E-state index in [1.807, 2.05) is 24.3 Å². The van der Waals surface area contributed by atoms with Gasteiger partial charge in [0.25, 0.3) is 0 Å². The summed E-state index contributed by atoms with van der Waals surface area (Å²) < 4.78 is 0. The smallest absolute Gasteiger partial charge is 0.355 e. The number of benzene rings is 1. The van der Waals surface area contributed by atoms with Gasteiger partial charge in [-0.15, -0.1) is 0 Å². The monoisotopic (exact) mass is 266 g/mol. The Kier molecular flexibility index (Phi) is 2.80. The molecule has 5 nitrogen and oxygen atoms in total. The van der Waals surface area contributed by atoms with Gasteiger partial charge in [-0.2, -0.15) is 0 Å². The van der Waals surface area contributed by atoms with E-state index < -0.39 is 5.97 Å². The third-order valence-electron chi connectivity index (χ3n) is 3.03. The van der Waals surface area contributed by atoms with Gasteiger partial charge in [-0.3, -0.25) is 4.79 Å². The van der Waals surface area contributed by atoms with Crippen LogP contribution in [0.3, 0.4) is 0 Å². The summed E-state index contributed by atoms with van der Waals surface area (Å²) in [4.78, 5) is 30.2. The standard InChI is InChI=1S/C15H10N2O3/c18-14(10-5-3-7-16-13(10)15(19)20)12-8-9-4-1-2-6-11(9)17-12/h1-8,17H,(H,19,20). The van der Waals surface area contributed by atoms with Crippen molar-refractivity contribution >= 4 is 22.7 Å². The first kappa shape index (κ1) is 12.1. The number of pyridine rings is 1. The molecule has 0 saturated heterocycles. The summed E-state index contributed by atoms with van der Waals surface area (Å²) >= 11 is 0. The van der Waals surface area contributed by atoms with Crippen LogP contribution in [0.2, 0.25) is 0 Å². The van der Waals surface area contributed by atoms with Gasteiger partial charge in [-0.05, 0) is 24.3 Å². The lowest BCUT2D eigenvalue weighted by Gasteiger charge is -2.02. The van der Waals surface area contributed by atoms with Crippen LogP contribution in [-0.2, 0) is 0 Å². The molecular formula is C15H10N2O3. The highest BCUT2D eigenvalue weighted by molar-refractivity contribution is 6.14. The fourth-order valence-electron chi connectivity index (χ4n) is 2.10. The molecule has 2 aromatic heterocycles. The Bertz CT molecular complexity index is 788. The quantitative estimate of drug-likeness (QED) is 0.713. The molecule has 5 heteroatoms. The first-order valence-electron chi connectivity index (χ1n) is 5.97. The average molecular weight is 266 g/mol. The predicted octanol–water partition coefficient (Wildman–Crippen LogP) is 2.49. The first-order valence-corrected chi connectivity index (χ1v) is 5.97. The van der Waals surface area contributed by atoms with E-state index in [2.05, 4.69) is 9.97 Å². The van der Waals surface area contributed by atoms with Gasteiger partial charge in [0.15, 0.2) is 5.69 Å². The van der Waals surface area contributed by atoms with E-state index in [0.29, 0.717) is 5.69 Å². The zero-order chi connectivity index (χ0) is 14.1. The Hall–Kier alpha value is -2.95. The number of carboxylic acids is 1. The summed E-state index contributed by atoms with van der Waals surface area (Å²) in [6.45, 7) is 0. The number of fused-ring (bicyclic) bond motifs is 1. The van der Waals surface area contributed by atoms with Crippen molar-refractivity contribution < 1.29 is 14.7 Å². The average Bonchev–Trinajstić information content (AvgIpc) is 2.90. The van der Waals surface area contributed by atoms with Gasteiger partial charge < -0.3 is 10.1 Å². The molecule has 2 N–H and O–H groups in total. The molecule has 0 aliphatic carbocycles. The summed E-state index contributed by atoms with van der Waals surface area (Å²) in [5.41, 5.74) is 1.01. The lowest BCUT2D eigenvalue weighted by molar-refractivity contribution is 0.0686. The number of carbonyl (C=O) groups is 2. The molecule has 2 heterocycles. The molecule has 0 fully saturated rings. The minimum atomic E-state index is -1.22. The van der Waals surface area contributed by atoms with Crippen molar-refractivity contribution in [3.8, 4) is 0 Å². The number of carbonyl (C=O) groups excluding carboxylic acids is 1. The summed E-state index contributed by atoms with van der Waals surface area (Å²) in [5, 5.41) is 9.98. The second kappa shape index (κ2) is 4.62. The number of rotatable bonds is 3. The van der Waals surface area contributed by atoms with Crippen molar-refractivity contribution in [1.82, 2.24) is 9.97 Å². The Balaban J connectivity index is 2.11. The second-order valence-corrected chi connectivity index (χ2v) is 4.30. The van der Waals surface area contributed by atoms with Gasteiger partial charge in [-0.1, -0.05) is 18.2 Å². The van der Waals surface area contributed by atoms with E-state index in [0.717, 1.165) is 10.9 Å². The summed E-state index contributed by atoms with van der Waals surface area (Å²) in [6, 6.07) is 12.2. The minimum absolute atomic E-state index is 0.0755. The fourth-order valence-corrected chi connectivity index (χ4v) is 2.10. The van der Waals surface area contributed by atoms with Crippen LogP contribution in [0.25, 0.3) is 10.9 Å². The molecule has 0 saturated carbocycles. The van der Waals surface area contributed by atoms with Gasteiger partial charge in [0.05, 0.1) is 11.3 Å². The zero-order valence-electron chi connectivity index (χ0n) is 10.3. The molecule has 0 amide bonds. The summed E-state index contributed by atoms with van der Waals surface area (Å²) in [7, 11) is 0. The second-order valence-electron chi connectivity index (χ2n) is 4.30. The molecule has 20 heavy (non-hydrogen) atoms. The van der Waals surface area contributed by atoms with Crippen molar-refractivity contribution in [3.63, 3.8) is 0 Å². The molecule has 98 valence electrons. The van der Waals surface area contributed by atoms with E-state index in [-0.39, 0.29) is 17.0 Å². The molecule has 3 aromatic rings. The Morgan fingerprint density at radius 3 is 2.65 bits per heavy atom. The third-order valence-corrected chi connectivity index (χ3v) is 3.03. The number of hydrogen-bond donors (Lipinski definition) is 2. The lowest BCUT2D eigenvalue weighted by atomic mass is 10.1. The number of aromatic nitrogens is 2. The maximum atomic E-state index is 12.4. The molecule has 0 aliphatic heterocycles. The number of para-hydroxylation sites is 1. The van der Waals surface area contributed by atoms with Crippen LogP contribution < -0.4 is 0 Å². The van der Waals surface area contributed by atoms with Crippen molar-refractivity contribution in [3.05, 3.63) is 65.6 Å². The molecular weight excluding hydrogens is 256 g/mol. The van der Waals surface area contributed by atoms with E-state index in [1.165, 1.54) is 12.3 Å². The van der Waals surface area contributed by atoms with Crippen molar-refractivity contribution in [2.24, 2.45) is 0 Å². The number of nitrogens with one attached hydrogen (secondary N) is 1. The highest BCUT2D eigenvalue weighted by atomic mass is 16.4. The number of aromatic carboxylic acids is 1. The predicted molar refractivity (Wildman–Crippen MR) is 72.9 cm³/mol. The summed E-state index contributed by atoms with van der Waals surface area (Å²) in [5.74, 6) is -1.60. The molecule has 0 spiro atoms. The Morgan fingerprint density at radius 2 is 1.90 bits per heavy atom. The van der Waals surface area contributed by atoms with Crippen LogP contribution in [0.1, 0.15) is 26.5 Å². The number of nitrogens with zero attached hydrogens (tertiary/aromatic N) is 1. The maximum absolute atomic E-state index is 12.4. The molecule has 1 aromatic carbocycles. The number of carboxylic acid groups (broad SMARTS) is 1. The van der Waals surface area contributed by atoms with Gasteiger partial charge >= 0.3 is 5.97 Å². The van der Waals surface area contributed by atoms with Gasteiger partial charge in [-0.25, -0.2) is 9.78 Å². The summed E-state index contributed by atoms with van der Waals surface area (Å²) in [6.07, 6.45) is 1.35. The number of hydrogen-bond acceptors (Lipinski definition) is 3. The number of ketones is 1. The molecule has 0 atom stereocenters. The lowest BCUT2D eigenvalue weighted by Crippen LogP contribution is -2.11. The largest absolute Gasteiger partial charge is 0.476 e. The molecule has 0 bridgehead atoms. The number of aromatic amines is 1.